The molecule has 0 aliphatic heterocycles. The summed E-state index contributed by atoms with van der Waals surface area (Å²) in [7, 11) is 0. The Bertz CT molecular complexity index is 4.00. The van der Waals surface area contributed by atoms with Crippen molar-refractivity contribution in [2.24, 2.45) is 0 Å². The van der Waals surface area contributed by atoms with E-state index < -0.39 is 0 Å². The molecule has 0 rings (SSSR count). The summed E-state index contributed by atoms with van der Waals surface area (Å²) in [6.07, 6.45) is 0. The average molecular weight is 426 g/mol. The Hall–Kier alpha value is 5.06. The van der Waals surface area contributed by atoms with E-state index in [1.807, 2.05) is 0 Å². The summed E-state index contributed by atoms with van der Waals surface area (Å²) < 4.78 is 0. The second-order valence-corrected chi connectivity index (χ2v) is 0. The van der Waals surface area contributed by atoms with Crippen molar-refractivity contribution in [2.75, 3.05) is 0 Å². The molecule has 0 heterocycles. The molecule has 0 nitrogen and oxygen atoms in total. The van der Waals surface area contributed by atoms with Crippen LogP contribution in [0.15, 0.2) is 0 Å². The molecule has 0 aromatic heterocycles. The molecule has 0 radical (unpaired) electrons. The van der Waals surface area contributed by atoms with Crippen molar-refractivity contribution in [2.45, 2.75) is 0 Å². The summed E-state index contributed by atoms with van der Waals surface area (Å²) in [6, 6.07) is 0. The number of rotatable bonds is 0. The minimum absolute atomic E-state index is 0. The summed E-state index contributed by atoms with van der Waals surface area (Å²) in [6.45, 7) is 0. The van der Waals surface area contributed by atoms with E-state index in [1.54, 1.807) is 0 Å². The summed E-state index contributed by atoms with van der Waals surface area (Å²) in [5, 5.41) is 0. The van der Waals surface area contributed by atoms with Gasteiger partial charge in [-0.25, -0.2) is 0 Å². The SMILES string of the molecule is [Br-].[Br-].[Cs+].[Cs+]. The first kappa shape index (κ1) is 23.0. The van der Waals surface area contributed by atoms with Crippen molar-refractivity contribution >= 4 is 0 Å². The molecule has 0 aromatic carbocycles. The summed E-state index contributed by atoms with van der Waals surface area (Å²) in [4.78, 5) is 0. The van der Waals surface area contributed by atoms with Crippen LogP contribution >= 0.6 is 0 Å². The van der Waals surface area contributed by atoms with Crippen molar-refractivity contribution in [1.29, 1.82) is 0 Å². The molecule has 0 atom stereocenters. The van der Waals surface area contributed by atoms with Crippen LogP contribution in [0.4, 0.5) is 0 Å². The van der Waals surface area contributed by atoms with Crippen molar-refractivity contribution in [3.05, 3.63) is 0 Å². The van der Waals surface area contributed by atoms with E-state index in [1.165, 1.54) is 0 Å². The van der Waals surface area contributed by atoms with Gasteiger partial charge in [0.25, 0.3) is 0 Å². The quantitative estimate of drug-likeness (QED) is 0.362. The summed E-state index contributed by atoms with van der Waals surface area (Å²) in [5.41, 5.74) is 0. The molecule has 4 heavy (non-hydrogen) atoms. The standard InChI is InChI=1S/2BrH.2Cs/h2*1H;;/q;;2*+1/p-2. The van der Waals surface area contributed by atoms with Gasteiger partial charge in [-0.2, -0.15) is 0 Å². The Morgan fingerprint density at radius 3 is 0.500 bits per heavy atom. The zero-order valence-electron chi connectivity index (χ0n) is 2.76. The van der Waals surface area contributed by atoms with Gasteiger partial charge in [-0.15, -0.1) is 0 Å². The van der Waals surface area contributed by atoms with Crippen LogP contribution in [0.3, 0.4) is 0 Å². The van der Waals surface area contributed by atoms with Crippen LogP contribution in [0, 0.1) is 0 Å². The molecule has 4 heteroatoms. The molecule has 0 aromatic rings. The second-order valence-electron chi connectivity index (χ2n) is 0. The fraction of sp³-hybridized carbons (Fsp3) is 0. The molecule has 0 bridgehead atoms. The predicted molar refractivity (Wildman–Crippen MR) is 0 cm³/mol. The van der Waals surface area contributed by atoms with Gasteiger partial charge in [0.05, 0.1) is 0 Å². The zero-order valence-corrected chi connectivity index (χ0v) is 18.5. The largest absolute Gasteiger partial charge is 1.00 e. The molecule has 0 saturated carbocycles. The monoisotopic (exact) mass is 424 g/mol. The van der Waals surface area contributed by atoms with Crippen LogP contribution in [-0.4, -0.2) is 0 Å². The topological polar surface area (TPSA) is 0 Å². The number of hydrogen-bond donors (Lipinski definition) is 0. The molecular formula is Br2Cs2. The molecular weight excluding hydrogens is 426 g/mol. The van der Waals surface area contributed by atoms with Crippen molar-refractivity contribution in [3.8, 4) is 0 Å². The predicted octanol–water partition coefficient (Wildman–Crippen LogP) is -12.0. The number of hydrogen-bond acceptors (Lipinski definition) is 0. The Morgan fingerprint density at radius 2 is 0.500 bits per heavy atom. The fourth-order valence-corrected chi connectivity index (χ4v) is 0. The molecule has 0 fully saturated rings. The van der Waals surface area contributed by atoms with E-state index in [2.05, 4.69) is 0 Å². The number of halogens is 2. The minimum atomic E-state index is 0. The smallest absolute Gasteiger partial charge is 1.00 e. The molecule has 16 valence electrons. The Balaban J connectivity index is 0. The fourth-order valence-electron chi connectivity index (χ4n) is 0. The first-order valence-corrected chi connectivity index (χ1v) is 0. The van der Waals surface area contributed by atoms with Gasteiger partial charge in [0.15, 0.2) is 0 Å². The van der Waals surface area contributed by atoms with Gasteiger partial charge in [-0.05, 0) is 0 Å². The molecule has 0 amide bonds. The molecule has 0 N–H and O–H groups in total. The normalized spacial score (nSPS) is 0. The first-order valence-electron chi connectivity index (χ1n) is 0. The second kappa shape index (κ2) is 15.7. The van der Waals surface area contributed by atoms with Gasteiger partial charge in [0.1, 0.15) is 0 Å². The molecule has 0 unspecified atom stereocenters. The van der Waals surface area contributed by atoms with Gasteiger partial charge in [-0.3, -0.25) is 0 Å². The molecule has 0 aliphatic carbocycles. The Labute approximate surface area is 165 Å². The summed E-state index contributed by atoms with van der Waals surface area (Å²) in [5.74, 6) is 0. The minimum Gasteiger partial charge on any atom is -1.00 e. The van der Waals surface area contributed by atoms with E-state index >= 15 is 0 Å². The van der Waals surface area contributed by atoms with Crippen LogP contribution in [-0.2, 0) is 0 Å². The molecule has 0 spiro atoms. The van der Waals surface area contributed by atoms with Crippen molar-refractivity contribution < 1.29 is 172 Å². The Kier molecular flexibility index (Phi) is 90.2. The van der Waals surface area contributed by atoms with Crippen LogP contribution < -0.4 is 172 Å². The third-order valence-electron chi connectivity index (χ3n) is 0. The van der Waals surface area contributed by atoms with Gasteiger partial charge in [0.2, 0.25) is 0 Å². The van der Waals surface area contributed by atoms with E-state index in [0.717, 1.165) is 0 Å². The molecule has 0 saturated heterocycles. The van der Waals surface area contributed by atoms with Crippen LogP contribution in [0.2, 0.25) is 0 Å². The van der Waals surface area contributed by atoms with E-state index in [-0.39, 0.29) is 172 Å². The van der Waals surface area contributed by atoms with Gasteiger partial charge in [-0.1, -0.05) is 0 Å². The molecule has 0 aliphatic rings. The van der Waals surface area contributed by atoms with E-state index in [4.69, 9.17) is 0 Å². The Morgan fingerprint density at radius 1 is 0.500 bits per heavy atom. The third-order valence-corrected chi connectivity index (χ3v) is 0. The average Bonchev–Trinajstić information content (AvgIpc) is 0. The van der Waals surface area contributed by atoms with Crippen LogP contribution in [0.25, 0.3) is 0 Å². The first-order chi connectivity index (χ1) is 0. The van der Waals surface area contributed by atoms with Gasteiger partial charge in [0, 0.05) is 0 Å². The van der Waals surface area contributed by atoms with E-state index in [0.29, 0.717) is 0 Å². The van der Waals surface area contributed by atoms with Crippen LogP contribution in [0.5, 0.6) is 0 Å². The third kappa shape index (κ3) is 10.1. The maximum Gasteiger partial charge on any atom is 1.00 e. The van der Waals surface area contributed by atoms with Crippen molar-refractivity contribution in [1.82, 2.24) is 0 Å². The van der Waals surface area contributed by atoms with E-state index in [9.17, 15) is 0 Å². The zero-order chi connectivity index (χ0) is 0. The maximum absolute atomic E-state index is 0. The van der Waals surface area contributed by atoms with Gasteiger partial charge < -0.3 is 34.0 Å². The van der Waals surface area contributed by atoms with Gasteiger partial charge >= 0.3 is 138 Å². The van der Waals surface area contributed by atoms with Crippen molar-refractivity contribution in [3.63, 3.8) is 0 Å². The maximum atomic E-state index is 0. The summed E-state index contributed by atoms with van der Waals surface area (Å²) >= 11 is 0. The van der Waals surface area contributed by atoms with Crippen LogP contribution in [0.1, 0.15) is 0 Å².